The van der Waals surface area contributed by atoms with Crippen LogP contribution in [0.25, 0.3) is 0 Å². The molecule has 0 spiro atoms. The number of aryl methyl sites for hydroxylation is 1. The molecule has 0 aliphatic carbocycles. The van der Waals surface area contributed by atoms with Gasteiger partial charge in [-0.05, 0) is 70.5 Å². The van der Waals surface area contributed by atoms with Crippen LogP contribution in [0.5, 0.6) is 0 Å². The molecule has 7 nitrogen and oxygen atoms in total. The average Bonchev–Trinajstić information content (AvgIpc) is 3.29. The summed E-state index contributed by atoms with van der Waals surface area (Å²) in [6.45, 7) is 0.521. The summed E-state index contributed by atoms with van der Waals surface area (Å²) in [6, 6.07) is 15.0. The van der Waals surface area contributed by atoms with E-state index in [0.29, 0.717) is 18.7 Å². The first-order chi connectivity index (χ1) is 14.0. The highest BCUT2D eigenvalue weighted by Crippen LogP contribution is 2.32. The van der Waals surface area contributed by atoms with Crippen molar-refractivity contribution in [3.05, 3.63) is 59.3 Å². The smallest absolute Gasteiger partial charge is 0.239 e. The molecule has 3 aromatic rings. The van der Waals surface area contributed by atoms with Crippen LogP contribution >= 0.6 is 27.7 Å². The fraction of sp³-hybridized carbons (Fsp3) is 0.200. The van der Waals surface area contributed by atoms with Crippen molar-refractivity contribution in [3.63, 3.8) is 0 Å². The fourth-order valence-corrected chi connectivity index (χ4v) is 4.40. The van der Waals surface area contributed by atoms with Gasteiger partial charge in [0.1, 0.15) is 12.2 Å². The Balaban J connectivity index is 1.40. The Kier molecular flexibility index (Phi) is 5.68. The lowest BCUT2D eigenvalue weighted by Gasteiger charge is -2.18. The first-order valence-electron chi connectivity index (χ1n) is 9.01. The molecule has 1 aliphatic rings. The van der Waals surface area contributed by atoms with E-state index in [2.05, 4.69) is 31.4 Å². The molecular weight excluding hydrogens is 454 g/mol. The highest BCUT2D eigenvalue weighted by molar-refractivity contribution is 9.10. The number of nitrogens with zero attached hydrogens (tertiary/aromatic N) is 4. The van der Waals surface area contributed by atoms with Gasteiger partial charge < -0.3 is 14.8 Å². The van der Waals surface area contributed by atoms with E-state index in [0.717, 1.165) is 20.2 Å². The van der Waals surface area contributed by atoms with Crippen molar-refractivity contribution in [1.82, 2.24) is 14.8 Å². The van der Waals surface area contributed by atoms with Gasteiger partial charge >= 0.3 is 0 Å². The van der Waals surface area contributed by atoms with Gasteiger partial charge in [0, 0.05) is 28.6 Å². The Morgan fingerprint density at radius 3 is 2.66 bits per heavy atom. The molecule has 1 atom stereocenters. The van der Waals surface area contributed by atoms with Gasteiger partial charge in [0.25, 0.3) is 0 Å². The third-order valence-electron chi connectivity index (χ3n) is 4.67. The summed E-state index contributed by atoms with van der Waals surface area (Å²) in [5, 5.41) is 11.5. The van der Waals surface area contributed by atoms with Crippen LogP contribution in [-0.2, 0) is 16.6 Å². The van der Waals surface area contributed by atoms with Crippen LogP contribution in [0.15, 0.2) is 69.4 Å². The van der Waals surface area contributed by atoms with E-state index in [1.54, 1.807) is 11.2 Å². The van der Waals surface area contributed by atoms with Gasteiger partial charge in [-0.15, -0.1) is 10.2 Å². The molecule has 1 unspecified atom stereocenters. The number of rotatable bonds is 5. The van der Waals surface area contributed by atoms with Gasteiger partial charge in [0.05, 0.1) is 5.69 Å². The quantitative estimate of drug-likeness (QED) is 0.573. The summed E-state index contributed by atoms with van der Waals surface area (Å²) in [7, 11) is 1.88. The van der Waals surface area contributed by atoms with Crippen molar-refractivity contribution in [2.45, 2.75) is 16.5 Å². The van der Waals surface area contributed by atoms with Gasteiger partial charge in [-0.25, -0.2) is 0 Å². The van der Waals surface area contributed by atoms with Gasteiger partial charge in [-0.2, -0.15) is 0 Å². The van der Waals surface area contributed by atoms with E-state index in [-0.39, 0.29) is 11.8 Å². The van der Waals surface area contributed by atoms with Crippen LogP contribution in [0.2, 0.25) is 0 Å². The maximum absolute atomic E-state index is 12.8. The number of benzene rings is 2. The zero-order chi connectivity index (χ0) is 20.4. The molecule has 9 heteroatoms. The molecule has 29 heavy (non-hydrogen) atoms. The van der Waals surface area contributed by atoms with Gasteiger partial charge in [0.2, 0.25) is 11.8 Å². The van der Waals surface area contributed by atoms with Crippen molar-refractivity contribution in [2.24, 2.45) is 13.0 Å². The van der Waals surface area contributed by atoms with Crippen molar-refractivity contribution >= 4 is 50.9 Å². The zero-order valence-electron chi connectivity index (χ0n) is 15.6. The monoisotopic (exact) mass is 471 g/mol. The molecule has 0 bridgehead atoms. The molecule has 1 saturated heterocycles. The summed E-state index contributed by atoms with van der Waals surface area (Å²) in [5.41, 5.74) is 1.45. The van der Waals surface area contributed by atoms with Gasteiger partial charge in [-0.1, -0.05) is 12.1 Å². The van der Waals surface area contributed by atoms with Crippen molar-refractivity contribution in [2.75, 3.05) is 16.8 Å². The first kappa shape index (κ1) is 19.7. The maximum atomic E-state index is 12.8. The van der Waals surface area contributed by atoms with Gasteiger partial charge in [0.15, 0.2) is 5.16 Å². The number of hydrogen-bond acceptors (Lipinski definition) is 5. The minimum Gasteiger partial charge on any atom is -0.325 e. The lowest BCUT2D eigenvalue weighted by molar-refractivity contribution is -0.129. The number of nitrogens with one attached hydrogen (secondary N) is 1. The lowest BCUT2D eigenvalue weighted by atomic mass is 10.1. The van der Waals surface area contributed by atoms with Crippen molar-refractivity contribution in [3.8, 4) is 0 Å². The van der Waals surface area contributed by atoms with Crippen LogP contribution < -0.4 is 10.2 Å². The Morgan fingerprint density at radius 2 is 1.97 bits per heavy atom. The minimum absolute atomic E-state index is 0.177. The van der Waals surface area contributed by atoms with E-state index in [1.165, 1.54) is 11.8 Å². The standard InChI is InChI=1S/C20H18BrN5O2S/c1-25-12-22-24-20(25)29-14-8-6-13(7-9-14)23-18(27)15-10-11-26(19(15)28)17-5-3-2-4-16(17)21/h2-9,12,15H,10-11H2,1H3,(H,23,27). The third-order valence-corrected chi connectivity index (χ3v) is 6.40. The highest BCUT2D eigenvalue weighted by Gasteiger charge is 2.38. The Hall–Kier alpha value is -2.65. The normalized spacial score (nSPS) is 16.3. The van der Waals surface area contributed by atoms with Gasteiger partial charge in [-0.3, -0.25) is 9.59 Å². The SMILES string of the molecule is Cn1cnnc1Sc1ccc(NC(=O)C2CCN(c3ccccc3Br)C2=O)cc1. The molecule has 1 aromatic heterocycles. The van der Waals surface area contributed by atoms with Crippen LogP contribution in [-0.4, -0.2) is 33.1 Å². The zero-order valence-corrected chi connectivity index (χ0v) is 18.0. The number of aromatic nitrogens is 3. The van der Waals surface area contributed by atoms with Crippen LogP contribution in [0.3, 0.4) is 0 Å². The summed E-state index contributed by atoms with van der Waals surface area (Å²) >= 11 is 4.96. The summed E-state index contributed by atoms with van der Waals surface area (Å²) in [4.78, 5) is 28.1. The Labute approximate surface area is 180 Å². The first-order valence-corrected chi connectivity index (χ1v) is 10.6. The van der Waals surface area contributed by atoms with Crippen molar-refractivity contribution < 1.29 is 9.59 Å². The molecule has 4 rings (SSSR count). The largest absolute Gasteiger partial charge is 0.325 e. The Morgan fingerprint density at radius 1 is 1.21 bits per heavy atom. The van der Waals surface area contributed by atoms with E-state index < -0.39 is 5.92 Å². The molecule has 1 fully saturated rings. The minimum atomic E-state index is -0.685. The third kappa shape index (κ3) is 4.20. The molecule has 0 radical (unpaired) electrons. The number of anilines is 2. The fourth-order valence-electron chi connectivity index (χ4n) is 3.14. The topological polar surface area (TPSA) is 80.1 Å². The second-order valence-electron chi connectivity index (χ2n) is 6.62. The lowest BCUT2D eigenvalue weighted by Crippen LogP contribution is -2.33. The molecule has 2 amide bonds. The molecule has 2 heterocycles. The number of carbonyl (C=O) groups is 2. The second-order valence-corrected chi connectivity index (χ2v) is 8.52. The highest BCUT2D eigenvalue weighted by atomic mass is 79.9. The molecule has 0 saturated carbocycles. The van der Waals surface area contributed by atoms with E-state index in [1.807, 2.05) is 60.1 Å². The summed E-state index contributed by atoms with van der Waals surface area (Å²) in [5.74, 6) is -1.14. The van der Waals surface area contributed by atoms with E-state index in [9.17, 15) is 9.59 Å². The number of halogens is 1. The van der Waals surface area contributed by atoms with Crippen LogP contribution in [0.4, 0.5) is 11.4 Å². The number of para-hydroxylation sites is 1. The predicted octanol–water partition coefficient (Wildman–Crippen LogP) is 3.72. The number of carbonyl (C=O) groups excluding carboxylic acids is 2. The Bertz CT molecular complexity index is 1050. The maximum Gasteiger partial charge on any atom is 0.239 e. The molecule has 2 aromatic carbocycles. The molecular formula is C20H18BrN5O2S. The van der Waals surface area contributed by atoms with Crippen molar-refractivity contribution in [1.29, 1.82) is 0 Å². The van der Waals surface area contributed by atoms with E-state index in [4.69, 9.17) is 0 Å². The summed E-state index contributed by atoms with van der Waals surface area (Å²) in [6.07, 6.45) is 2.14. The van der Waals surface area contributed by atoms with E-state index >= 15 is 0 Å². The molecule has 1 aliphatic heterocycles. The number of amides is 2. The van der Waals surface area contributed by atoms with Crippen LogP contribution in [0.1, 0.15) is 6.42 Å². The average molecular weight is 472 g/mol. The van der Waals surface area contributed by atoms with Crippen LogP contribution in [0, 0.1) is 5.92 Å². The number of hydrogen-bond donors (Lipinski definition) is 1. The molecule has 148 valence electrons. The predicted molar refractivity (Wildman–Crippen MR) is 115 cm³/mol. The summed E-state index contributed by atoms with van der Waals surface area (Å²) < 4.78 is 2.67. The second kappa shape index (κ2) is 8.38. The molecule has 1 N–H and O–H groups in total.